The molecule has 1 atom stereocenters. The number of amides is 1. The topological polar surface area (TPSA) is 42.2 Å². The largest absolute Gasteiger partial charge is 0.457 e. The molecule has 0 spiro atoms. The van der Waals surface area contributed by atoms with Gasteiger partial charge in [-0.2, -0.15) is 0 Å². The molecule has 2 rings (SSSR count). The number of furan rings is 1. The van der Waals surface area contributed by atoms with Crippen LogP contribution in [0.4, 0.5) is 0 Å². The van der Waals surface area contributed by atoms with Crippen LogP contribution in [0.1, 0.15) is 29.3 Å². The smallest absolute Gasteiger partial charge is 0.255 e. The summed E-state index contributed by atoms with van der Waals surface area (Å²) < 4.78 is 5.52. The molecular formula is C15H16BrNO2. The number of halogens is 1. The molecule has 0 aliphatic heterocycles. The molecule has 19 heavy (non-hydrogen) atoms. The molecule has 1 unspecified atom stereocenters. The maximum Gasteiger partial charge on any atom is 0.255 e. The minimum atomic E-state index is -0.110. The van der Waals surface area contributed by atoms with Gasteiger partial charge in [0.1, 0.15) is 0 Å². The van der Waals surface area contributed by atoms with E-state index in [1.54, 1.807) is 6.07 Å². The van der Waals surface area contributed by atoms with Gasteiger partial charge in [0.15, 0.2) is 4.67 Å². The van der Waals surface area contributed by atoms with E-state index in [2.05, 4.69) is 33.4 Å². The fourth-order valence-electron chi connectivity index (χ4n) is 1.86. The van der Waals surface area contributed by atoms with Crippen molar-refractivity contribution < 1.29 is 9.21 Å². The molecule has 1 amide bonds. The van der Waals surface area contributed by atoms with Gasteiger partial charge in [0.2, 0.25) is 0 Å². The summed E-state index contributed by atoms with van der Waals surface area (Å²) in [5, 5.41) is 2.96. The van der Waals surface area contributed by atoms with Crippen LogP contribution in [0.3, 0.4) is 0 Å². The summed E-state index contributed by atoms with van der Waals surface area (Å²) in [5.41, 5.74) is 1.82. The van der Waals surface area contributed by atoms with Gasteiger partial charge in [-0.1, -0.05) is 30.3 Å². The number of carbonyl (C=O) groups is 1. The molecule has 0 aliphatic rings. The van der Waals surface area contributed by atoms with Crippen molar-refractivity contribution >= 4 is 21.8 Å². The molecule has 0 saturated carbocycles. The second-order valence-electron chi connectivity index (χ2n) is 4.51. The highest BCUT2D eigenvalue weighted by Gasteiger charge is 2.14. The van der Waals surface area contributed by atoms with Gasteiger partial charge in [0.05, 0.1) is 11.8 Å². The van der Waals surface area contributed by atoms with Crippen molar-refractivity contribution in [3.8, 4) is 0 Å². The van der Waals surface area contributed by atoms with Crippen LogP contribution in [0.5, 0.6) is 0 Å². The van der Waals surface area contributed by atoms with Crippen LogP contribution in [0.2, 0.25) is 0 Å². The summed E-state index contributed by atoms with van der Waals surface area (Å²) >= 11 is 3.21. The van der Waals surface area contributed by atoms with E-state index in [0.29, 0.717) is 10.2 Å². The Hall–Kier alpha value is -1.55. The SMILES string of the molecule is CC(CCc1ccccc1)NC(=O)c1ccoc1Br. The van der Waals surface area contributed by atoms with E-state index in [9.17, 15) is 4.79 Å². The van der Waals surface area contributed by atoms with Crippen LogP contribution < -0.4 is 5.32 Å². The Morgan fingerprint density at radius 2 is 2.05 bits per heavy atom. The predicted molar refractivity (Wildman–Crippen MR) is 78.1 cm³/mol. The second kappa shape index (κ2) is 6.57. The summed E-state index contributed by atoms with van der Waals surface area (Å²) in [6.07, 6.45) is 3.35. The first kappa shape index (κ1) is 13.9. The number of rotatable bonds is 5. The Balaban J connectivity index is 1.83. The Kier molecular flexibility index (Phi) is 4.80. The van der Waals surface area contributed by atoms with Gasteiger partial charge in [-0.05, 0) is 47.3 Å². The monoisotopic (exact) mass is 321 g/mol. The minimum absolute atomic E-state index is 0.110. The highest BCUT2D eigenvalue weighted by Crippen LogP contribution is 2.17. The average molecular weight is 322 g/mol. The lowest BCUT2D eigenvalue weighted by molar-refractivity contribution is 0.0936. The van der Waals surface area contributed by atoms with Gasteiger partial charge in [-0.15, -0.1) is 0 Å². The van der Waals surface area contributed by atoms with E-state index in [1.807, 2.05) is 25.1 Å². The molecule has 100 valence electrons. The molecular weight excluding hydrogens is 306 g/mol. The highest BCUT2D eigenvalue weighted by atomic mass is 79.9. The summed E-state index contributed by atoms with van der Waals surface area (Å²) in [6.45, 7) is 2.01. The van der Waals surface area contributed by atoms with Gasteiger partial charge in [0.25, 0.3) is 5.91 Å². The third kappa shape index (κ3) is 3.96. The molecule has 0 bridgehead atoms. The summed E-state index contributed by atoms with van der Waals surface area (Å²) in [6, 6.07) is 12.0. The molecule has 1 aromatic carbocycles. The summed E-state index contributed by atoms with van der Waals surface area (Å²) in [7, 11) is 0. The average Bonchev–Trinajstić information content (AvgIpc) is 2.84. The molecule has 0 aliphatic carbocycles. The van der Waals surface area contributed by atoms with Gasteiger partial charge in [-0.3, -0.25) is 4.79 Å². The van der Waals surface area contributed by atoms with Crippen LogP contribution >= 0.6 is 15.9 Å². The van der Waals surface area contributed by atoms with Crippen molar-refractivity contribution in [2.45, 2.75) is 25.8 Å². The first-order chi connectivity index (χ1) is 9.16. The minimum Gasteiger partial charge on any atom is -0.457 e. The first-order valence-electron chi connectivity index (χ1n) is 6.24. The maximum absolute atomic E-state index is 11.9. The van der Waals surface area contributed by atoms with Crippen molar-refractivity contribution in [2.75, 3.05) is 0 Å². The quantitative estimate of drug-likeness (QED) is 0.910. The van der Waals surface area contributed by atoms with Crippen LogP contribution in [0.15, 0.2) is 51.7 Å². The van der Waals surface area contributed by atoms with Crippen molar-refractivity contribution in [2.24, 2.45) is 0 Å². The number of hydrogen-bond acceptors (Lipinski definition) is 2. The van der Waals surface area contributed by atoms with Crippen molar-refractivity contribution in [3.05, 3.63) is 58.5 Å². The van der Waals surface area contributed by atoms with Gasteiger partial charge in [0, 0.05) is 6.04 Å². The van der Waals surface area contributed by atoms with E-state index >= 15 is 0 Å². The molecule has 0 fully saturated rings. The fraction of sp³-hybridized carbons (Fsp3) is 0.267. The van der Waals surface area contributed by atoms with Crippen LogP contribution in [0.25, 0.3) is 0 Å². The number of aryl methyl sites for hydroxylation is 1. The lowest BCUT2D eigenvalue weighted by Crippen LogP contribution is -2.32. The van der Waals surface area contributed by atoms with Gasteiger partial charge in [-0.25, -0.2) is 0 Å². The molecule has 2 aromatic rings. The third-order valence-corrected chi connectivity index (χ3v) is 3.56. The Morgan fingerprint density at radius 1 is 1.32 bits per heavy atom. The van der Waals surface area contributed by atoms with E-state index in [0.717, 1.165) is 12.8 Å². The molecule has 0 saturated heterocycles. The molecule has 4 heteroatoms. The first-order valence-corrected chi connectivity index (χ1v) is 7.04. The van der Waals surface area contributed by atoms with E-state index < -0.39 is 0 Å². The van der Waals surface area contributed by atoms with Crippen molar-refractivity contribution in [1.29, 1.82) is 0 Å². The van der Waals surface area contributed by atoms with E-state index in [1.165, 1.54) is 11.8 Å². The van der Waals surface area contributed by atoms with Crippen LogP contribution in [-0.2, 0) is 6.42 Å². The molecule has 0 radical (unpaired) electrons. The van der Waals surface area contributed by atoms with Crippen LogP contribution in [-0.4, -0.2) is 11.9 Å². The number of benzene rings is 1. The van der Waals surface area contributed by atoms with Crippen molar-refractivity contribution in [1.82, 2.24) is 5.32 Å². The normalized spacial score (nSPS) is 12.1. The van der Waals surface area contributed by atoms with Crippen molar-refractivity contribution in [3.63, 3.8) is 0 Å². The number of hydrogen-bond donors (Lipinski definition) is 1. The Labute approximate surface area is 121 Å². The zero-order valence-electron chi connectivity index (χ0n) is 10.7. The Morgan fingerprint density at radius 3 is 2.68 bits per heavy atom. The second-order valence-corrected chi connectivity index (χ2v) is 5.23. The third-order valence-electron chi connectivity index (χ3n) is 2.95. The zero-order chi connectivity index (χ0) is 13.7. The standard InChI is InChI=1S/C15H16BrNO2/c1-11(7-8-12-5-3-2-4-6-12)17-15(18)13-9-10-19-14(13)16/h2-6,9-11H,7-8H2,1H3,(H,17,18). The lowest BCUT2D eigenvalue weighted by Gasteiger charge is -2.13. The highest BCUT2D eigenvalue weighted by molar-refractivity contribution is 9.10. The molecule has 1 heterocycles. The van der Waals surface area contributed by atoms with Crippen LogP contribution in [0, 0.1) is 0 Å². The predicted octanol–water partition coefficient (Wildman–Crippen LogP) is 3.79. The Bertz CT molecular complexity index is 536. The fourth-order valence-corrected chi connectivity index (χ4v) is 2.28. The van der Waals surface area contributed by atoms with E-state index in [4.69, 9.17) is 4.42 Å². The summed E-state index contributed by atoms with van der Waals surface area (Å²) in [5.74, 6) is -0.110. The lowest BCUT2D eigenvalue weighted by atomic mass is 10.1. The zero-order valence-corrected chi connectivity index (χ0v) is 12.3. The summed E-state index contributed by atoms with van der Waals surface area (Å²) in [4.78, 5) is 11.9. The van der Waals surface area contributed by atoms with Gasteiger partial charge < -0.3 is 9.73 Å². The van der Waals surface area contributed by atoms with Gasteiger partial charge >= 0.3 is 0 Å². The molecule has 1 aromatic heterocycles. The number of carbonyl (C=O) groups excluding carboxylic acids is 1. The number of nitrogens with one attached hydrogen (secondary N) is 1. The molecule has 1 N–H and O–H groups in total. The maximum atomic E-state index is 11.9. The van der Waals surface area contributed by atoms with E-state index in [-0.39, 0.29) is 11.9 Å². The molecule has 3 nitrogen and oxygen atoms in total.